The summed E-state index contributed by atoms with van der Waals surface area (Å²) in [6, 6.07) is 7.63. The van der Waals surface area contributed by atoms with Crippen molar-refractivity contribution in [2.24, 2.45) is 5.92 Å². The first-order valence-electron chi connectivity index (χ1n) is 9.49. The molecule has 0 unspecified atom stereocenters. The van der Waals surface area contributed by atoms with Crippen molar-refractivity contribution in [3.8, 4) is 0 Å². The van der Waals surface area contributed by atoms with Crippen molar-refractivity contribution in [3.63, 3.8) is 0 Å². The standard InChI is InChI=1S/C20H25N5O2/c1-14(2)13-25-19(27)23(3)18(26)20(25)8-10-24(11-9-20)17-12-21-15-6-4-5-7-16(15)22-17/h4-7,12,14H,8-11,13H2,1-3H3. The zero-order chi connectivity index (χ0) is 19.2. The van der Waals surface area contributed by atoms with Crippen LogP contribution in [0.3, 0.4) is 0 Å². The predicted molar refractivity (Wildman–Crippen MR) is 103 cm³/mol. The van der Waals surface area contributed by atoms with Crippen LogP contribution in [0.2, 0.25) is 0 Å². The Kier molecular flexibility index (Phi) is 4.25. The number of benzene rings is 1. The number of urea groups is 1. The van der Waals surface area contributed by atoms with Gasteiger partial charge in [0, 0.05) is 26.7 Å². The highest BCUT2D eigenvalue weighted by molar-refractivity contribution is 6.07. The van der Waals surface area contributed by atoms with E-state index in [1.165, 1.54) is 4.90 Å². The number of fused-ring (bicyclic) bond motifs is 1. The minimum Gasteiger partial charge on any atom is -0.355 e. The average Bonchev–Trinajstić information content (AvgIpc) is 2.84. The molecule has 2 aliphatic rings. The topological polar surface area (TPSA) is 69.6 Å². The maximum Gasteiger partial charge on any atom is 0.327 e. The van der Waals surface area contributed by atoms with E-state index in [9.17, 15) is 9.59 Å². The van der Waals surface area contributed by atoms with Gasteiger partial charge in [0.25, 0.3) is 5.91 Å². The van der Waals surface area contributed by atoms with E-state index < -0.39 is 5.54 Å². The van der Waals surface area contributed by atoms with Crippen LogP contribution in [0.4, 0.5) is 10.6 Å². The number of likely N-dealkylation sites (N-methyl/N-ethyl adjacent to an activating group) is 1. The molecule has 2 saturated heterocycles. The van der Waals surface area contributed by atoms with Crippen molar-refractivity contribution in [1.82, 2.24) is 19.8 Å². The van der Waals surface area contributed by atoms with Crippen LogP contribution in [0, 0.1) is 5.92 Å². The lowest BCUT2D eigenvalue weighted by Crippen LogP contribution is -2.57. The summed E-state index contributed by atoms with van der Waals surface area (Å²) in [6.07, 6.45) is 3.02. The summed E-state index contributed by atoms with van der Waals surface area (Å²) in [6.45, 7) is 6.10. The zero-order valence-electron chi connectivity index (χ0n) is 16.1. The summed E-state index contributed by atoms with van der Waals surface area (Å²) in [5.74, 6) is 1.07. The molecule has 7 heteroatoms. The third-order valence-corrected chi connectivity index (χ3v) is 5.64. The first-order chi connectivity index (χ1) is 12.9. The predicted octanol–water partition coefficient (Wildman–Crippen LogP) is 2.52. The summed E-state index contributed by atoms with van der Waals surface area (Å²) >= 11 is 0. The summed E-state index contributed by atoms with van der Waals surface area (Å²) in [4.78, 5) is 40.0. The van der Waals surface area contributed by atoms with Crippen molar-refractivity contribution < 1.29 is 9.59 Å². The Balaban J connectivity index is 1.57. The Hall–Kier alpha value is -2.70. The fourth-order valence-corrected chi connectivity index (χ4v) is 4.19. The van der Waals surface area contributed by atoms with Gasteiger partial charge in [-0.25, -0.2) is 9.78 Å². The molecule has 0 atom stereocenters. The summed E-state index contributed by atoms with van der Waals surface area (Å²) < 4.78 is 0. The lowest BCUT2D eigenvalue weighted by molar-refractivity contribution is -0.133. The van der Waals surface area contributed by atoms with Crippen molar-refractivity contribution >= 4 is 28.8 Å². The molecule has 0 radical (unpaired) electrons. The molecule has 1 aromatic heterocycles. The number of rotatable bonds is 3. The molecular formula is C20H25N5O2. The number of aromatic nitrogens is 2. The lowest BCUT2D eigenvalue weighted by atomic mass is 9.85. The number of imide groups is 1. The van der Waals surface area contributed by atoms with E-state index >= 15 is 0 Å². The van der Waals surface area contributed by atoms with E-state index in [2.05, 4.69) is 23.7 Å². The Labute approximate surface area is 159 Å². The average molecular weight is 367 g/mol. The summed E-state index contributed by atoms with van der Waals surface area (Å²) in [7, 11) is 1.59. The number of hydrogen-bond acceptors (Lipinski definition) is 5. The highest BCUT2D eigenvalue weighted by Crippen LogP contribution is 2.38. The molecule has 142 valence electrons. The Morgan fingerprint density at radius 1 is 1.11 bits per heavy atom. The molecule has 0 saturated carbocycles. The van der Waals surface area contributed by atoms with Crippen molar-refractivity contribution in [2.45, 2.75) is 32.2 Å². The van der Waals surface area contributed by atoms with E-state index in [1.54, 1.807) is 18.1 Å². The maximum atomic E-state index is 12.9. The third kappa shape index (κ3) is 2.81. The van der Waals surface area contributed by atoms with Crippen LogP contribution in [0.5, 0.6) is 0 Å². The van der Waals surface area contributed by atoms with Crippen LogP contribution in [0.25, 0.3) is 11.0 Å². The molecule has 3 heterocycles. The molecule has 2 aromatic rings. The van der Waals surface area contributed by atoms with Crippen LogP contribution in [-0.2, 0) is 4.79 Å². The van der Waals surface area contributed by atoms with Crippen LogP contribution in [0.15, 0.2) is 30.5 Å². The number of piperidine rings is 1. The molecule has 2 fully saturated rings. The van der Waals surface area contributed by atoms with Crippen LogP contribution in [-0.4, -0.2) is 63.9 Å². The highest BCUT2D eigenvalue weighted by Gasteiger charge is 2.56. The number of para-hydroxylation sites is 2. The molecule has 4 rings (SSSR count). The van der Waals surface area contributed by atoms with E-state index in [0.29, 0.717) is 38.4 Å². The van der Waals surface area contributed by atoms with E-state index in [-0.39, 0.29) is 11.9 Å². The second-order valence-electron chi connectivity index (χ2n) is 7.89. The van der Waals surface area contributed by atoms with Gasteiger partial charge in [-0.2, -0.15) is 0 Å². The molecule has 7 nitrogen and oxygen atoms in total. The minimum atomic E-state index is -0.711. The Morgan fingerprint density at radius 3 is 2.44 bits per heavy atom. The van der Waals surface area contributed by atoms with Crippen molar-refractivity contribution in [3.05, 3.63) is 30.5 Å². The highest BCUT2D eigenvalue weighted by atomic mass is 16.2. The third-order valence-electron chi connectivity index (χ3n) is 5.64. The number of hydrogen-bond donors (Lipinski definition) is 0. The van der Waals surface area contributed by atoms with Crippen molar-refractivity contribution in [1.29, 1.82) is 0 Å². The normalized spacial score (nSPS) is 19.8. The number of nitrogens with zero attached hydrogens (tertiary/aromatic N) is 5. The number of anilines is 1. The van der Waals surface area contributed by atoms with E-state index in [0.717, 1.165) is 16.9 Å². The van der Waals surface area contributed by atoms with E-state index in [4.69, 9.17) is 4.98 Å². The van der Waals surface area contributed by atoms with Gasteiger partial charge in [0.05, 0.1) is 17.2 Å². The zero-order valence-corrected chi connectivity index (χ0v) is 16.1. The van der Waals surface area contributed by atoms with Gasteiger partial charge < -0.3 is 9.80 Å². The molecule has 1 spiro atoms. The largest absolute Gasteiger partial charge is 0.355 e. The smallest absolute Gasteiger partial charge is 0.327 e. The second kappa shape index (κ2) is 6.48. The first kappa shape index (κ1) is 17.7. The molecular weight excluding hydrogens is 342 g/mol. The molecule has 27 heavy (non-hydrogen) atoms. The second-order valence-corrected chi connectivity index (χ2v) is 7.89. The van der Waals surface area contributed by atoms with Crippen molar-refractivity contribution in [2.75, 3.05) is 31.6 Å². The SMILES string of the molecule is CC(C)CN1C(=O)N(C)C(=O)C12CCN(c1cnc3ccccc3n1)CC2. The number of amides is 3. The van der Waals surface area contributed by atoms with Gasteiger partial charge in [0.15, 0.2) is 0 Å². The molecule has 0 N–H and O–H groups in total. The van der Waals surface area contributed by atoms with Gasteiger partial charge in [0.2, 0.25) is 0 Å². The first-order valence-corrected chi connectivity index (χ1v) is 9.49. The van der Waals surface area contributed by atoms with Gasteiger partial charge in [-0.05, 0) is 30.9 Å². The summed E-state index contributed by atoms with van der Waals surface area (Å²) in [5, 5.41) is 0. The number of carbonyl (C=O) groups is 2. The maximum absolute atomic E-state index is 12.9. The Morgan fingerprint density at radius 2 is 1.78 bits per heavy atom. The fraction of sp³-hybridized carbons (Fsp3) is 0.500. The number of carbonyl (C=O) groups excluding carboxylic acids is 2. The van der Waals surface area contributed by atoms with Gasteiger partial charge in [0.1, 0.15) is 11.4 Å². The molecule has 3 amide bonds. The quantitative estimate of drug-likeness (QED) is 0.780. The Bertz CT molecular complexity index is 889. The van der Waals surface area contributed by atoms with Gasteiger partial charge >= 0.3 is 6.03 Å². The van der Waals surface area contributed by atoms with Gasteiger partial charge in [-0.3, -0.25) is 14.7 Å². The minimum absolute atomic E-state index is 0.0719. The monoisotopic (exact) mass is 367 g/mol. The molecule has 0 aliphatic carbocycles. The van der Waals surface area contributed by atoms with Crippen LogP contribution < -0.4 is 4.90 Å². The molecule has 0 bridgehead atoms. The molecule has 1 aromatic carbocycles. The van der Waals surface area contributed by atoms with Gasteiger partial charge in [-0.1, -0.05) is 26.0 Å². The molecule has 2 aliphatic heterocycles. The summed E-state index contributed by atoms with van der Waals surface area (Å²) in [5.41, 5.74) is 1.02. The lowest BCUT2D eigenvalue weighted by Gasteiger charge is -2.43. The van der Waals surface area contributed by atoms with E-state index in [1.807, 2.05) is 24.3 Å². The fourth-order valence-electron chi connectivity index (χ4n) is 4.19. The van der Waals surface area contributed by atoms with Crippen LogP contribution in [0.1, 0.15) is 26.7 Å². The van der Waals surface area contributed by atoms with Gasteiger partial charge in [-0.15, -0.1) is 0 Å². The van der Waals surface area contributed by atoms with Crippen LogP contribution >= 0.6 is 0 Å².